The number of hydrogen-bond donors (Lipinski definition) is 0. The molecule has 1 fully saturated rings. The Morgan fingerprint density at radius 3 is 2.44 bits per heavy atom. The molecule has 1 aliphatic rings. The van der Waals surface area contributed by atoms with Crippen LogP contribution in [0.2, 0.25) is 0 Å². The minimum absolute atomic E-state index is 0.176. The van der Waals surface area contributed by atoms with Crippen LogP contribution in [0.4, 0.5) is 10.1 Å². The summed E-state index contributed by atoms with van der Waals surface area (Å²) in [5.41, 5.74) is 1.11. The van der Waals surface area contributed by atoms with Gasteiger partial charge in [0.25, 0.3) is 0 Å². The molecule has 0 spiro atoms. The number of halogens is 1. The minimum Gasteiger partial charge on any atom is -0.371 e. The molecule has 1 aromatic heterocycles. The molecule has 3 rings (SSSR count). The molecule has 0 aliphatic carbocycles. The van der Waals surface area contributed by atoms with Gasteiger partial charge in [-0.2, -0.15) is 5.10 Å². The number of nitrogens with zero attached hydrogens (tertiary/aromatic N) is 3. The molecule has 4 heteroatoms. The van der Waals surface area contributed by atoms with Crippen molar-refractivity contribution in [3.05, 3.63) is 48.5 Å². The van der Waals surface area contributed by atoms with Crippen molar-refractivity contribution in [1.29, 1.82) is 0 Å². The second kappa shape index (κ2) is 4.80. The van der Waals surface area contributed by atoms with E-state index in [-0.39, 0.29) is 5.82 Å². The van der Waals surface area contributed by atoms with Crippen molar-refractivity contribution in [2.45, 2.75) is 18.9 Å². The van der Waals surface area contributed by atoms with Crippen molar-refractivity contribution in [3.8, 4) is 0 Å². The Labute approximate surface area is 106 Å². The lowest BCUT2D eigenvalue weighted by Gasteiger charge is -2.33. The lowest BCUT2D eigenvalue weighted by atomic mass is 10.0. The van der Waals surface area contributed by atoms with Crippen LogP contribution in [0.25, 0.3) is 0 Å². The van der Waals surface area contributed by atoms with Gasteiger partial charge < -0.3 is 4.90 Å². The Morgan fingerprint density at radius 2 is 1.83 bits per heavy atom. The number of aromatic nitrogens is 2. The molecule has 18 heavy (non-hydrogen) atoms. The van der Waals surface area contributed by atoms with Gasteiger partial charge in [0.15, 0.2) is 0 Å². The standard InChI is InChI=1S/C14H16FN3/c15-12-2-4-13(5-3-12)17-10-6-14(7-11-17)18-9-1-8-16-18/h1-5,8-9,14H,6-7,10-11H2. The first-order chi connectivity index (χ1) is 8.83. The first-order valence-electron chi connectivity index (χ1n) is 6.32. The van der Waals surface area contributed by atoms with Crippen LogP contribution in [0, 0.1) is 5.82 Å². The van der Waals surface area contributed by atoms with E-state index in [9.17, 15) is 4.39 Å². The molecule has 0 N–H and O–H groups in total. The molecular formula is C14H16FN3. The van der Waals surface area contributed by atoms with E-state index in [1.54, 1.807) is 0 Å². The van der Waals surface area contributed by atoms with E-state index in [0.717, 1.165) is 31.6 Å². The van der Waals surface area contributed by atoms with E-state index in [0.29, 0.717) is 6.04 Å². The number of anilines is 1. The highest BCUT2D eigenvalue weighted by Gasteiger charge is 2.20. The van der Waals surface area contributed by atoms with Gasteiger partial charge in [0.2, 0.25) is 0 Å². The second-order valence-corrected chi connectivity index (χ2v) is 4.68. The Morgan fingerprint density at radius 1 is 1.11 bits per heavy atom. The Kier molecular flexibility index (Phi) is 3.00. The van der Waals surface area contributed by atoms with Crippen molar-refractivity contribution in [2.24, 2.45) is 0 Å². The highest BCUT2D eigenvalue weighted by atomic mass is 19.1. The first-order valence-corrected chi connectivity index (χ1v) is 6.32. The Balaban J connectivity index is 1.65. The monoisotopic (exact) mass is 245 g/mol. The maximum Gasteiger partial charge on any atom is 0.123 e. The smallest absolute Gasteiger partial charge is 0.123 e. The topological polar surface area (TPSA) is 21.1 Å². The van der Waals surface area contributed by atoms with Crippen molar-refractivity contribution < 1.29 is 4.39 Å². The predicted molar refractivity (Wildman–Crippen MR) is 69.1 cm³/mol. The third kappa shape index (κ3) is 2.23. The number of benzene rings is 1. The number of rotatable bonds is 2. The molecular weight excluding hydrogens is 229 g/mol. The van der Waals surface area contributed by atoms with Crippen molar-refractivity contribution in [3.63, 3.8) is 0 Å². The molecule has 1 aromatic carbocycles. The Bertz CT molecular complexity index is 484. The minimum atomic E-state index is -0.176. The van der Waals surface area contributed by atoms with Crippen LogP contribution < -0.4 is 4.90 Å². The van der Waals surface area contributed by atoms with Gasteiger partial charge in [0.1, 0.15) is 5.82 Å². The first kappa shape index (κ1) is 11.3. The molecule has 1 saturated heterocycles. The zero-order chi connectivity index (χ0) is 12.4. The summed E-state index contributed by atoms with van der Waals surface area (Å²) in [6.45, 7) is 1.99. The average Bonchev–Trinajstić information content (AvgIpc) is 2.94. The van der Waals surface area contributed by atoms with Gasteiger partial charge in [0.05, 0.1) is 6.04 Å². The van der Waals surface area contributed by atoms with Crippen molar-refractivity contribution in [2.75, 3.05) is 18.0 Å². The van der Waals surface area contributed by atoms with E-state index in [1.165, 1.54) is 12.1 Å². The van der Waals surface area contributed by atoms with Gasteiger partial charge >= 0.3 is 0 Å². The fraction of sp³-hybridized carbons (Fsp3) is 0.357. The molecule has 0 radical (unpaired) electrons. The zero-order valence-electron chi connectivity index (χ0n) is 10.2. The summed E-state index contributed by atoms with van der Waals surface area (Å²) in [5, 5.41) is 4.30. The van der Waals surface area contributed by atoms with Crippen molar-refractivity contribution in [1.82, 2.24) is 9.78 Å². The van der Waals surface area contributed by atoms with Gasteiger partial charge in [-0.3, -0.25) is 4.68 Å². The lowest BCUT2D eigenvalue weighted by Crippen LogP contribution is -2.34. The summed E-state index contributed by atoms with van der Waals surface area (Å²) in [5.74, 6) is -0.176. The number of piperidine rings is 1. The van der Waals surface area contributed by atoms with E-state index in [4.69, 9.17) is 0 Å². The van der Waals surface area contributed by atoms with Gasteiger partial charge in [0, 0.05) is 31.2 Å². The van der Waals surface area contributed by atoms with E-state index < -0.39 is 0 Å². The van der Waals surface area contributed by atoms with Crippen LogP contribution in [0.5, 0.6) is 0 Å². The van der Waals surface area contributed by atoms with Crippen LogP contribution >= 0.6 is 0 Å². The fourth-order valence-corrected chi connectivity index (χ4v) is 2.54. The summed E-state index contributed by atoms with van der Waals surface area (Å²) < 4.78 is 14.9. The molecule has 2 heterocycles. The second-order valence-electron chi connectivity index (χ2n) is 4.68. The molecule has 94 valence electrons. The lowest BCUT2D eigenvalue weighted by molar-refractivity contribution is 0.367. The normalized spacial score (nSPS) is 17.1. The molecule has 0 unspecified atom stereocenters. The molecule has 0 atom stereocenters. The van der Waals surface area contributed by atoms with Crippen LogP contribution in [0.3, 0.4) is 0 Å². The highest BCUT2D eigenvalue weighted by Crippen LogP contribution is 2.25. The molecule has 2 aromatic rings. The summed E-state index contributed by atoms with van der Waals surface area (Å²) in [6.07, 6.45) is 6.02. The summed E-state index contributed by atoms with van der Waals surface area (Å²) in [4.78, 5) is 2.31. The molecule has 3 nitrogen and oxygen atoms in total. The summed E-state index contributed by atoms with van der Waals surface area (Å²) in [6, 6.07) is 9.21. The predicted octanol–water partition coefficient (Wildman–Crippen LogP) is 2.86. The third-order valence-corrected chi connectivity index (χ3v) is 3.56. The molecule has 1 aliphatic heterocycles. The summed E-state index contributed by atoms with van der Waals surface area (Å²) >= 11 is 0. The maximum absolute atomic E-state index is 12.9. The van der Waals surface area contributed by atoms with Crippen LogP contribution in [-0.2, 0) is 0 Å². The quantitative estimate of drug-likeness (QED) is 0.811. The molecule has 0 amide bonds. The fourth-order valence-electron chi connectivity index (χ4n) is 2.54. The van der Waals surface area contributed by atoms with Gasteiger partial charge in [-0.15, -0.1) is 0 Å². The SMILES string of the molecule is Fc1ccc(N2CCC(n3cccn3)CC2)cc1. The zero-order valence-corrected chi connectivity index (χ0v) is 10.2. The van der Waals surface area contributed by atoms with Gasteiger partial charge in [-0.25, -0.2) is 4.39 Å². The van der Waals surface area contributed by atoms with Gasteiger partial charge in [-0.1, -0.05) is 0 Å². The van der Waals surface area contributed by atoms with E-state index in [1.807, 2.05) is 35.3 Å². The van der Waals surface area contributed by atoms with Crippen LogP contribution in [0.15, 0.2) is 42.7 Å². The average molecular weight is 245 g/mol. The van der Waals surface area contributed by atoms with Crippen LogP contribution in [0.1, 0.15) is 18.9 Å². The van der Waals surface area contributed by atoms with E-state index in [2.05, 4.69) is 10.00 Å². The van der Waals surface area contributed by atoms with Gasteiger partial charge in [-0.05, 0) is 43.2 Å². The maximum atomic E-state index is 12.9. The molecule has 0 bridgehead atoms. The van der Waals surface area contributed by atoms with E-state index >= 15 is 0 Å². The number of hydrogen-bond acceptors (Lipinski definition) is 2. The van der Waals surface area contributed by atoms with Crippen molar-refractivity contribution >= 4 is 5.69 Å². The highest BCUT2D eigenvalue weighted by molar-refractivity contribution is 5.46. The Hall–Kier alpha value is -1.84. The molecule has 0 saturated carbocycles. The third-order valence-electron chi connectivity index (χ3n) is 3.56. The summed E-state index contributed by atoms with van der Waals surface area (Å²) in [7, 11) is 0. The van der Waals surface area contributed by atoms with Crippen LogP contribution in [-0.4, -0.2) is 22.9 Å². The largest absolute Gasteiger partial charge is 0.371 e.